The maximum absolute atomic E-state index is 12.2. The summed E-state index contributed by atoms with van der Waals surface area (Å²) < 4.78 is 23.4. The van der Waals surface area contributed by atoms with Crippen molar-refractivity contribution >= 4 is 32.3 Å². The van der Waals surface area contributed by atoms with Crippen molar-refractivity contribution in [2.75, 3.05) is 11.1 Å². The predicted octanol–water partition coefficient (Wildman–Crippen LogP) is 3.00. The lowest BCUT2D eigenvalue weighted by molar-refractivity contribution is -0.113. The molecular weight excluding hydrogens is 312 g/mol. The number of sulfone groups is 1. The number of benzene rings is 1. The average molecular weight is 334 g/mol. The number of amides is 1. The number of anilines is 1. The first-order valence-corrected chi connectivity index (χ1v) is 9.05. The second-order valence-electron chi connectivity index (χ2n) is 6.69. The SMILES string of the molecule is Cc1cc(NC(=O)CS(=O)(=O)C(C)(C)C)c2cccnc2c1C. The van der Waals surface area contributed by atoms with Crippen molar-refractivity contribution in [3.05, 3.63) is 35.5 Å². The van der Waals surface area contributed by atoms with Gasteiger partial charge < -0.3 is 5.32 Å². The molecule has 1 aromatic heterocycles. The summed E-state index contributed by atoms with van der Waals surface area (Å²) in [6, 6.07) is 5.50. The van der Waals surface area contributed by atoms with Crippen LogP contribution in [0.25, 0.3) is 10.9 Å². The van der Waals surface area contributed by atoms with E-state index in [2.05, 4.69) is 10.3 Å². The van der Waals surface area contributed by atoms with E-state index in [1.54, 1.807) is 33.0 Å². The molecule has 23 heavy (non-hydrogen) atoms. The second kappa shape index (κ2) is 5.92. The normalized spacial score (nSPS) is 12.4. The molecule has 124 valence electrons. The molecule has 0 bridgehead atoms. The van der Waals surface area contributed by atoms with E-state index >= 15 is 0 Å². The maximum atomic E-state index is 12.2. The lowest BCUT2D eigenvalue weighted by atomic mass is 10.0. The number of aromatic nitrogens is 1. The van der Waals surface area contributed by atoms with E-state index in [4.69, 9.17) is 0 Å². The van der Waals surface area contributed by atoms with Gasteiger partial charge in [0.2, 0.25) is 5.91 Å². The zero-order chi connectivity index (χ0) is 17.4. The number of fused-ring (bicyclic) bond motifs is 1. The van der Waals surface area contributed by atoms with Gasteiger partial charge in [-0.3, -0.25) is 9.78 Å². The lowest BCUT2D eigenvalue weighted by Gasteiger charge is -2.19. The second-order valence-corrected chi connectivity index (χ2v) is 9.43. The first kappa shape index (κ1) is 17.4. The van der Waals surface area contributed by atoms with Gasteiger partial charge in [-0.15, -0.1) is 0 Å². The Morgan fingerprint density at radius 2 is 1.91 bits per heavy atom. The molecule has 0 aliphatic carbocycles. The Morgan fingerprint density at radius 3 is 2.52 bits per heavy atom. The molecule has 0 aliphatic heterocycles. The average Bonchev–Trinajstić information content (AvgIpc) is 2.42. The van der Waals surface area contributed by atoms with E-state index in [0.29, 0.717) is 5.69 Å². The first-order chi connectivity index (χ1) is 10.5. The Hall–Kier alpha value is -1.95. The van der Waals surface area contributed by atoms with Gasteiger partial charge >= 0.3 is 0 Å². The fourth-order valence-corrected chi connectivity index (χ4v) is 3.04. The molecule has 6 heteroatoms. The maximum Gasteiger partial charge on any atom is 0.239 e. The van der Waals surface area contributed by atoms with Gasteiger partial charge in [0.1, 0.15) is 5.75 Å². The Labute approximate surface area is 137 Å². The van der Waals surface area contributed by atoms with Crippen LogP contribution < -0.4 is 5.32 Å². The van der Waals surface area contributed by atoms with Crippen LogP contribution in [0, 0.1) is 13.8 Å². The number of nitrogens with one attached hydrogen (secondary N) is 1. The van der Waals surface area contributed by atoms with Crippen LogP contribution in [0.2, 0.25) is 0 Å². The van der Waals surface area contributed by atoms with E-state index in [1.807, 2.05) is 26.0 Å². The van der Waals surface area contributed by atoms with Crippen LogP contribution in [-0.4, -0.2) is 29.8 Å². The summed E-state index contributed by atoms with van der Waals surface area (Å²) in [5, 5.41) is 3.53. The number of nitrogens with zero attached hydrogens (tertiary/aromatic N) is 1. The molecule has 1 N–H and O–H groups in total. The molecular formula is C17H22N2O3S. The Bertz CT molecular complexity index is 865. The minimum absolute atomic E-state index is 0.534. The van der Waals surface area contributed by atoms with Crippen LogP contribution >= 0.6 is 0 Å². The lowest BCUT2D eigenvalue weighted by Crippen LogP contribution is -2.35. The van der Waals surface area contributed by atoms with Gasteiger partial charge in [-0.25, -0.2) is 8.42 Å². The summed E-state index contributed by atoms with van der Waals surface area (Å²) in [6.07, 6.45) is 1.70. The van der Waals surface area contributed by atoms with Gasteiger partial charge in [0.15, 0.2) is 9.84 Å². The van der Waals surface area contributed by atoms with Crippen molar-refractivity contribution in [1.82, 2.24) is 4.98 Å². The molecule has 0 fully saturated rings. The fourth-order valence-electron chi connectivity index (χ4n) is 2.19. The van der Waals surface area contributed by atoms with Crippen LogP contribution in [0.3, 0.4) is 0 Å². The number of carbonyl (C=O) groups excluding carboxylic acids is 1. The molecule has 0 saturated heterocycles. The van der Waals surface area contributed by atoms with Crippen molar-refractivity contribution in [1.29, 1.82) is 0 Å². The molecule has 0 unspecified atom stereocenters. The monoisotopic (exact) mass is 334 g/mol. The van der Waals surface area contributed by atoms with Crippen molar-refractivity contribution in [2.24, 2.45) is 0 Å². The molecule has 0 aliphatic rings. The molecule has 0 radical (unpaired) electrons. The number of hydrogen-bond donors (Lipinski definition) is 1. The number of aryl methyl sites for hydroxylation is 2. The molecule has 5 nitrogen and oxygen atoms in total. The topological polar surface area (TPSA) is 76.1 Å². The third kappa shape index (κ3) is 3.52. The van der Waals surface area contributed by atoms with Crippen LogP contribution in [0.15, 0.2) is 24.4 Å². The third-order valence-electron chi connectivity index (χ3n) is 3.93. The van der Waals surface area contributed by atoms with Crippen LogP contribution in [0.4, 0.5) is 5.69 Å². The van der Waals surface area contributed by atoms with Crippen LogP contribution in [0.5, 0.6) is 0 Å². The van der Waals surface area contributed by atoms with Gasteiger partial charge in [-0.05, 0) is 63.9 Å². The molecule has 2 aromatic rings. The van der Waals surface area contributed by atoms with Crippen molar-refractivity contribution < 1.29 is 13.2 Å². The third-order valence-corrected chi connectivity index (χ3v) is 6.44. The number of hydrogen-bond acceptors (Lipinski definition) is 4. The first-order valence-electron chi connectivity index (χ1n) is 7.40. The highest BCUT2D eigenvalue weighted by Gasteiger charge is 2.31. The van der Waals surface area contributed by atoms with Gasteiger partial charge in [0.05, 0.1) is 16.0 Å². The van der Waals surface area contributed by atoms with E-state index in [-0.39, 0.29) is 0 Å². The van der Waals surface area contributed by atoms with E-state index < -0.39 is 26.2 Å². The minimum Gasteiger partial charge on any atom is -0.325 e. The molecule has 1 aromatic carbocycles. The summed E-state index contributed by atoms with van der Waals surface area (Å²) in [5.41, 5.74) is 3.43. The highest BCUT2D eigenvalue weighted by Crippen LogP contribution is 2.28. The predicted molar refractivity (Wildman–Crippen MR) is 93.4 cm³/mol. The Morgan fingerprint density at radius 1 is 1.26 bits per heavy atom. The number of carbonyl (C=O) groups is 1. The smallest absolute Gasteiger partial charge is 0.239 e. The largest absolute Gasteiger partial charge is 0.325 e. The molecule has 1 amide bonds. The van der Waals surface area contributed by atoms with Gasteiger partial charge in [-0.1, -0.05) is 0 Å². The fraction of sp³-hybridized carbons (Fsp3) is 0.412. The zero-order valence-corrected chi connectivity index (χ0v) is 14.9. The van der Waals surface area contributed by atoms with Crippen molar-refractivity contribution in [3.63, 3.8) is 0 Å². The van der Waals surface area contributed by atoms with Gasteiger partial charge in [-0.2, -0.15) is 0 Å². The van der Waals surface area contributed by atoms with Crippen molar-refractivity contribution in [3.8, 4) is 0 Å². The summed E-state index contributed by atoms with van der Waals surface area (Å²) >= 11 is 0. The molecule has 0 spiro atoms. The highest BCUT2D eigenvalue weighted by molar-refractivity contribution is 7.93. The summed E-state index contributed by atoms with van der Waals surface area (Å²) in [6.45, 7) is 8.67. The molecule has 0 saturated carbocycles. The van der Waals surface area contributed by atoms with E-state index in [1.165, 1.54) is 0 Å². The summed E-state index contributed by atoms with van der Waals surface area (Å²) in [5.74, 6) is -1.07. The van der Waals surface area contributed by atoms with Crippen molar-refractivity contribution in [2.45, 2.75) is 39.4 Å². The summed E-state index contributed by atoms with van der Waals surface area (Å²) in [7, 11) is -3.52. The molecule has 0 atom stereocenters. The highest BCUT2D eigenvalue weighted by atomic mass is 32.2. The van der Waals surface area contributed by atoms with E-state index in [0.717, 1.165) is 22.0 Å². The molecule has 2 rings (SSSR count). The van der Waals surface area contributed by atoms with E-state index in [9.17, 15) is 13.2 Å². The molecule has 1 heterocycles. The number of rotatable bonds is 3. The van der Waals surface area contributed by atoms with Gasteiger partial charge in [0, 0.05) is 11.6 Å². The summed E-state index contributed by atoms with van der Waals surface area (Å²) in [4.78, 5) is 16.6. The quantitative estimate of drug-likeness (QED) is 0.936. The number of pyridine rings is 1. The van der Waals surface area contributed by atoms with Crippen LogP contribution in [0.1, 0.15) is 31.9 Å². The van der Waals surface area contributed by atoms with Gasteiger partial charge in [0.25, 0.3) is 0 Å². The Balaban J connectivity index is 2.36. The minimum atomic E-state index is -3.52. The Kier molecular flexibility index (Phi) is 4.48. The zero-order valence-electron chi connectivity index (χ0n) is 14.1. The van der Waals surface area contributed by atoms with Crippen LogP contribution in [-0.2, 0) is 14.6 Å². The standard InChI is InChI=1S/C17H22N2O3S/c1-11-9-14(13-7-6-8-18-16(13)12(11)2)19-15(20)10-23(21,22)17(3,4)5/h6-9H,10H2,1-5H3,(H,19,20).